The van der Waals surface area contributed by atoms with Crippen molar-refractivity contribution in [2.45, 2.75) is 51.2 Å². The molecule has 4 nitrogen and oxygen atoms in total. The molecule has 1 aromatic carbocycles. The quantitative estimate of drug-likeness (QED) is 0.898. The van der Waals surface area contributed by atoms with Gasteiger partial charge in [0.25, 0.3) is 0 Å². The van der Waals surface area contributed by atoms with Crippen LogP contribution in [0.5, 0.6) is 0 Å². The number of rotatable bonds is 3. The summed E-state index contributed by atoms with van der Waals surface area (Å²) in [5.74, 6) is 0. The van der Waals surface area contributed by atoms with Gasteiger partial charge in [0.2, 0.25) is 0 Å². The predicted octanol–water partition coefficient (Wildman–Crippen LogP) is 2.52. The van der Waals surface area contributed by atoms with Gasteiger partial charge < -0.3 is 15.3 Å². The van der Waals surface area contributed by atoms with E-state index in [4.69, 9.17) is 0 Å². The van der Waals surface area contributed by atoms with Gasteiger partial charge in [-0.25, -0.2) is 4.79 Å². The molecule has 0 saturated carbocycles. The first kappa shape index (κ1) is 15.8. The van der Waals surface area contributed by atoms with E-state index >= 15 is 0 Å². The topological polar surface area (TPSA) is 52.6 Å². The first-order valence-corrected chi connectivity index (χ1v) is 7.70. The molecule has 0 aromatic heterocycles. The van der Waals surface area contributed by atoms with Crippen molar-refractivity contribution in [3.63, 3.8) is 0 Å². The van der Waals surface area contributed by atoms with Crippen LogP contribution in [0.4, 0.5) is 4.79 Å². The normalized spacial score (nSPS) is 21.0. The van der Waals surface area contributed by atoms with Crippen LogP contribution in [-0.4, -0.2) is 41.3 Å². The summed E-state index contributed by atoms with van der Waals surface area (Å²) in [6, 6.07) is 10.1. The molecule has 0 spiro atoms. The van der Waals surface area contributed by atoms with Gasteiger partial charge in [0.15, 0.2) is 0 Å². The fourth-order valence-electron chi connectivity index (χ4n) is 2.71. The lowest BCUT2D eigenvalue weighted by Gasteiger charge is -2.36. The van der Waals surface area contributed by atoms with Crippen molar-refractivity contribution >= 4 is 6.03 Å². The number of β-amino-alcohol motifs (C(OH)–C–C–N with tert-alkyl or cyclic N) is 1. The number of amides is 2. The first-order valence-electron chi connectivity index (χ1n) is 7.70. The van der Waals surface area contributed by atoms with Crippen molar-refractivity contribution in [1.82, 2.24) is 10.2 Å². The molecule has 0 aliphatic carbocycles. The number of carbonyl (C=O) groups excluding carboxylic acids is 1. The van der Waals surface area contributed by atoms with Gasteiger partial charge in [-0.1, -0.05) is 44.2 Å². The van der Waals surface area contributed by atoms with Crippen LogP contribution in [-0.2, 0) is 5.41 Å². The van der Waals surface area contributed by atoms with E-state index in [1.807, 2.05) is 25.1 Å². The Hall–Kier alpha value is -1.55. The number of likely N-dealkylation sites (tertiary alicyclic amines) is 1. The summed E-state index contributed by atoms with van der Waals surface area (Å²) in [4.78, 5) is 14.0. The molecule has 2 unspecified atom stereocenters. The van der Waals surface area contributed by atoms with Gasteiger partial charge >= 0.3 is 6.03 Å². The van der Waals surface area contributed by atoms with Crippen molar-refractivity contribution in [2.75, 3.05) is 13.1 Å². The van der Waals surface area contributed by atoms with Crippen LogP contribution in [0, 0.1) is 0 Å². The zero-order valence-electron chi connectivity index (χ0n) is 13.2. The van der Waals surface area contributed by atoms with E-state index in [9.17, 15) is 9.90 Å². The average Bonchev–Trinajstić information content (AvgIpc) is 2.48. The SMILES string of the molecule is CC(NC(=O)N1CCCC(O)C1)C(C)(C)c1ccccc1. The van der Waals surface area contributed by atoms with Gasteiger partial charge in [-0.05, 0) is 25.3 Å². The lowest BCUT2D eigenvalue weighted by Crippen LogP contribution is -2.53. The Morgan fingerprint density at radius 3 is 2.67 bits per heavy atom. The Kier molecular flexibility index (Phi) is 4.88. The second kappa shape index (κ2) is 6.48. The fourth-order valence-corrected chi connectivity index (χ4v) is 2.71. The molecule has 1 aromatic rings. The standard InChI is InChI=1S/C17H26N2O2/c1-13(17(2,3)14-8-5-4-6-9-14)18-16(21)19-11-7-10-15(20)12-19/h4-6,8-9,13,15,20H,7,10-12H2,1-3H3,(H,18,21). The minimum absolute atomic E-state index is 0.00599. The summed E-state index contributed by atoms with van der Waals surface area (Å²) in [7, 11) is 0. The number of carbonyl (C=O) groups is 1. The zero-order valence-corrected chi connectivity index (χ0v) is 13.2. The van der Waals surface area contributed by atoms with E-state index in [1.165, 1.54) is 5.56 Å². The van der Waals surface area contributed by atoms with Crippen molar-refractivity contribution < 1.29 is 9.90 Å². The van der Waals surface area contributed by atoms with Crippen molar-refractivity contribution in [3.8, 4) is 0 Å². The molecule has 1 aliphatic heterocycles. The second-order valence-electron chi connectivity index (χ2n) is 6.50. The number of piperidine rings is 1. The molecule has 21 heavy (non-hydrogen) atoms. The van der Waals surface area contributed by atoms with Crippen LogP contribution in [0.25, 0.3) is 0 Å². The van der Waals surface area contributed by atoms with Crippen molar-refractivity contribution in [2.24, 2.45) is 0 Å². The minimum Gasteiger partial charge on any atom is -0.391 e. The third kappa shape index (κ3) is 3.76. The highest BCUT2D eigenvalue weighted by Gasteiger charge is 2.31. The van der Waals surface area contributed by atoms with Crippen LogP contribution >= 0.6 is 0 Å². The van der Waals surface area contributed by atoms with E-state index in [1.54, 1.807) is 4.90 Å². The average molecular weight is 290 g/mol. The Morgan fingerprint density at radius 1 is 1.38 bits per heavy atom. The maximum absolute atomic E-state index is 12.3. The third-order valence-corrected chi connectivity index (χ3v) is 4.62. The molecule has 1 saturated heterocycles. The highest BCUT2D eigenvalue weighted by molar-refractivity contribution is 5.74. The van der Waals surface area contributed by atoms with Gasteiger partial charge in [-0.2, -0.15) is 0 Å². The maximum Gasteiger partial charge on any atom is 0.317 e. The van der Waals surface area contributed by atoms with Crippen molar-refractivity contribution in [3.05, 3.63) is 35.9 Å². The lowest BCUT2D eigenvalue weighted by atomic mass is 9.78. The first-order chi connectivity index (χ1) is 9.91. The summed E-state index contributed by atoms with van der Waals surface area (Å²) in [6.07, 6.45) is 1.27. The Morgan fingerprint density at radius 2 is 2.05 bits per heavy atom. The summed E-state index contributed by atoms with van der Waals surface area (Å²) < 4.78 is 0. The third-order valence-electron chi connectivity index (χ3n) is 4.62. The van der Waals surface area contributed by atoms with E-state index in [2.05, 4.69) is 31.3 Å². The number of nitrogens with one attached hydrogen (secondary N) is 1. The van der Waals surface area contributed by atoms with Crippen LogP contribution in [0.2, 0.25) is 0 Å². The molecule has 1 fully saturated rings. The molecule has 1 heterocycles. The van der Waals surface area contributed by atoms with Gasteiger partial charge in [-0.15, -0.1) is 0 Å². The Labute approximate surface area is 127 Å². The molecule has 2 atom stereocenters. The number of aliphatic hydroxyl groups excluding tert-OH is 1. The van der Waals surface area contributed by atoms with Crippen LogP contribution in [0.15, 0.2) is 30.3 Å². The number of hydrogen-bond acceptors (Lipinski definition) is 2. The number of urea groups is 1. The fraction of sp³-hybridized carbons (Fsp3) is 0.588. The number of nitrogens with zero attached hydrogens (tertiary/aromatic N) is 1. The van der Waals surface area contributed by atoms with Crippen molar-refractivity contribution in [1.29, 1.82) is 0 Å². The molecule has 2 amide bonds. The zero-order chi connectivity index (χ0) is 15.5. The summed E-state index contributed by atoms with van der Waals surface area (Å²) in [5.41, 5.74) is 1.06. The second-order valence-corrected chi connectivity index (χ2v) is 6.50. The molecule has 116 valence electrons. The predicted molar refractivity (Wildman–Crippen MR) is 84.3 cm³/mol. The minimum atomic E-state index is -0.387. The van der Waals surface area contributed by atoms with Gasteiger partial charge in [-0.3, -0.25) is 0 Å². The molecule has 2 rings (SSSR count). The summed E-state index contributed by atoms with van der Waals surface area (Å²) >= 11 is 0. The molecular weight excluding hydrogens is 264 g/mol. The van der Waals surface area contributed by atoms with Crippen LogP contribution in [0.3, 0.4) is 0 Å². The monoisotopic (exact) mass is 290 g/mol. The maximum atomic E-state index is 12.3. The van der Waals surface area contributed by atoms with Crippen LogP contribution < -0.4 is 5.32 Å². The largest absolute Gasteiger partial charge is 0.391 e. The van der Waals surface area contributed by atoms with E-state index in [0.29, 0.717) is 6.54 Å². The molecule has 0 bridgehead atoms. The highest BCUT2D eigenvalue weighted by atomic mass is 16.3. The van der Waals surface area contributed by atoms with Gasteiger partial charge in [0, 0.05) is 24.5 Å². The van der Waals surface area contributed by atoms with E-state index in [0.717, 1.165) is 19.4 Å². The highest BCUT2D eigenvalue weighted by Crippen LogP contribution is 2.27. The molecular formula is C17H26N2O2. The van der Waals surface area contributed by atoms with Gasteiger partial charge in [0.05, 0.1) is 6.10 Å². The molecule has 1 aliphatic rings. The van der Waals surface area contributed by atoms with E-state index < -0.39 is 0 Å². The van der Waals surface area contributed by atoms with Gasteiger partial charge in [0.1, 0.15) is 0 Å². The van der Waals surface area contributed by atoms with Crippen LogP contribution in [0.1, 0.15) is 39.2 Å². The molecule has 2 N–H and O–H groups in total. The smallest absolute Gasteiger partial charge is 0.317 e. The Bertz CT molecular complexity index is 473. The molecule has 4 heteroatoms. The number of hydrogen-bond donors (Lipinski definition) is 2. The number of aliphatic hydroxyl groups is 1. The summed E-state index contributed by atoms with van der Waals surface area (Å²) in [5, 5.41) is 12.8. The molecule has 0 radical (unpaired) electrons. The number of benzene rings is 1. The lowest BCUT2D eigenvalue weighted by molar-refractivity contribution is 0.0825. The Balaban J connectivity index is 2.00. The van der Waals surface area contributed by atoms with E-state index in [-0.39, 0.29) is 23.6 Å². The summed E-state index contributed by atoms with van der Waals surface area (Å²) in [6.45, 7) is 7.47.